The molecule has 0 aliphatic heterocycles. The van der Waals surface area contributed by atoms with Gasteiger partial charge in [-0.1, -0.05) is 6.42 Å². The van der Waals surface area contributed by atoms with Crippen LogP contribution in [-0.4, -0.2) is 32.7 Å². The SMILES string of the molecule is CC(C)OC(=O)NS(=O)(=O)NC1CCCC1N. The van der Waals surface area contributed by atoms with Crippen molar-refractivity contribution in [3.63, 3.8) is 0 Å². The molecular weight excluding hydrogens is 246 g/mol. The first-order valence-corrected chi connectivity index (χ1v) is 7.05. The van der Waals surface area contributed by atoms with E-state index in [4.69, 9.17) is 5.73 Å². The quantitative estimate of drug-likeness (QED) is 0.654. The van der Waals surface area contributed by atoms with Crippen molar-refractivity contribution in [3.8, 4) is 0 Å². The molecule has 0 aromatic rings. The number of hydrogen-bond acceptors (Lipinski definition) is 5. The highest BCUT2D eigenvalue weighted by atomic mass is 32.2. The van der Waals surface area contributed by atoms with Gasteiger partial charge in [-0.2, -0.15) is 13.1 Å². The van der Waals surface area contributed by atoms with E-state index < -0.39 is 16.3 Å². The van der Waals surface area contributed by atoms with Gasteiger partial charge in [0.25, 0.3) is 0 Å². The summed E-state index contributed by atoms with van der Waals surface area (Å²) in [5.74, 6) is 0. The van der Waals surface area contributed by atoms with Crippen molar-refractivity contribution in [3.05, 3.63) is 0 Å². The largest absolute Gasteiger partial charge is 0.446 e. The van der Waals surface area contributed by atoms with Gasteiger partial charge in [0.2, 0.25) is 0 Å². The average molecular weight is 265 g/mol. The van der Waals surface area contributed by atoms with E-state index in [0.717, 1.165) is 12.8 Å². The van der Waals surface area contributed by atoms with Gasteiger partial charge in [-0.25, -0.2) is 9.52 Å². The lowest BCUT2D eigenvalue weighted by Gasteiger charge is -2.17. The third-order valence-corrected chi connectivity index (χ3v) is 3.48. The lowest BCUT2D eigenvalue weighted by molar-refractivity contribution is 0.121. The highest BCUT2D eigenvalue weighted by Gasteiger charge is 2.29. The normalized spacial score (nSPS) is 24.9. The van der Waals surface area contributed by atoms with E-state index in [1.807, 2.05) is 0 Å². The molecule has 8 heteroatoms. The minimum atomic E-state index is -3.90. The van der Waals surface area contributed by atoms with E-state index in [-0.39, 0.29) is 18.2 Å². The number of rotatable bonds is 4. The maximum atomic E-state index is 11.5. The van der Waals surface area contributed by atoms with Crippen molar-refractivity contribution in [1.29, 1.82) is 0 Å². The maximum Gasteiger partial charge on any atom is 0.422 e. The standard InChI is InChI=1S/C9H19N3O4S/c1-6(2)16-9(13)12-17(14,15)11-8-5-3-4-7(8)10/h6-8,11H,3-5,10H2,1-2H3,(H,12,13). The van der Waals surface area contributed by atoms with Gasteiger partial charge in [0, 0.05) is 12.1 Å². The number of nitrogens with one attached hydrogen (secondary N) is 2. The third-order valence-electron chi connectivity index (χ3n) is 2.44. The van der Waals surface area contributed by atoms with Gasteiger partial charge in [-0.15, -0.1) is 0 Å². The van der Waals surface area contributed by atoms with Crippen LogP contribution in [0.4, 0.5) is 4.79 Å². The fourth-order valence-electron chi connectivity index (χ4n) is 1.71. The molecule has 1 aliphatic rings. The van der Waals surface area contributed by atoms with E-state index in [0.29, 0.717) is 6.42 Å². The second-order valence-electron chi connectivity index (χ2n) is 4.38. The smallest absolute Gasteiger partial charge is 0.422 e. The van der Waals surface area contributed by atoms with Crippen LogP contribution in [0.1, 0.15) is 33.1 Å². The fraction of sp³-hybridized carbons (Fsp3) is 0.889. The number of carbonyl (C=O) groups is 1. The van der Waals surface area contributed by atoms with Crippen LogP contribution < -0.4 is 15.2 Å². The minimum absolute atomic E-state index is 0.201. The third kappa shape index (κ3) is 4.88. The molecule has 4 N–H and O–H groups in total. The summed E-state index contributed by atoms with van der Waals surface area (Å²) in [6, 6.07) is -0.521. The summed E-state index contributed by atoms with van der Waals surface area (Å²) in [5.41, 5.74) is 5.73. The summed E-state index contributed by atoms with van der Waals surface area (Å²) in [6.45, 7) is 3.26. The Kier molecular flexibility index (Phi) is 4.72. The number of hydrogen-bond donors (Lipinski definition) is 3. The molecule has 0 saturated heterocycles. The molecule has 0 bridgehead atoms. The molecule has 0 radical (unpaired) electrons. The molecule has 1 rings (SSSR count). The lowest BCUT2D eigenvalue weighted by atomic mass is 10.2. The predicted octanol–water partition coefficient (Wildman–Crippen LogP) is -0.165. The second-order valence-corrected chi connectivity index (χ2v) is 5.83. The van der Waals surface area contributed by atoms with Gasteiger partial charge in [-0.3, -0.25) is 0 Å². The van der Waals surface area contributed by atoms with Gasteiger partial charge in [0.1, 0.15) is 0 Å². The van der Waals surface area contributed by atoms with Gasteiger partial charge < -0.3 is 10.5 Å². The molecule has 0 aromatic carbocycles. The van der Waals surface area contributed by atoms with Gasteiger partial charge in [0.15, 0.2) is 0 Å². The van der Waals surface area contributed by atoms with Crippen LogP contribution in [-0.2, 0) is 14.9 Å². The molecule has 1 saturated carbocycles. The van der Waals surface area contributed by atoms with Crippen LogP contribution in [0.5, 0.6) is 0 Å². The zero-order valence-corrected chi connectivity index (χ0v) is 10.8. The molecule has 100 valence electrons. The van der Waals surface area contributed by atoms with E-state index in [9.17, 15) is 13.2 Å². The fourth-order valence-corrected chi connectivity index (χ4v) is 2.73. The lowest BCUT2D eigenvalue weighted by Crippen LogP contribution is -2.50. The molecule has 0 aromatic heterocycles. The Balaban J connectivity index is 2.48. The second kappa shape index (κ2) is 5.65. The van der Waals surface area contributed by atoms with Crippen LogP contribution in [0.15, 0.2) is 0 Å². The van der Waals surface area contributed by atoms with Crippen molar-refractivity contribution in [2.24, 2.45) is 5.73 Å². The molecule has 0 spiro atoms. The summed E-state index contributed by atoms with van der Waals surface area (Å²) >= 11 is 0. The number of ether oxygens (including phenoxy) is 1. The molecular formula is C9H19N3O4S. The summed E-state index contributed by atoms with van der Waals surface area (Å²) in [6.07, 6.45) is 0.980. The van der Waals surface area contributed by atoms with Crippen LogP contribution in [0.25, 0.3) is 0 Å². The number of carbonyl (C=O) groups excluding carboxylic acids is 1. The Labute approximate surface area is 101 Å². The average Bonchev–Trinajstić information content (AvgIpc) is 2.47. The molecule has 2 unspecified atom stereocenters. The topological polar surface area (TPSA) is 111 Å². The molecule has 1 fully saturated rings. The highest BCUT2D eigenvalue weighted by molar-refractivity contribution is 7.88. The Morgan fingerprint density at radius 3 is 2.53 bits per heavy atom. The van der Waals surface area contributed by atoms with Gasteiger partial charge >= 0.3 is 16.3 Å². The van der Waals surface area contributed by atoms with Crippen molar-refractivity contribution < 1.29 is 17.9 Å². The monoisotopic (exact) mass is 265 g/mol. The predicted molar refractivity (Wildman–Crippen MR) is 62.4 cm³/mol. The van der Waals surface area contributed by atoms with E-state index in [2.05, 4.69) is 9.46 Å². The summed E-state index contributed by atoms with van der Waals surface area (Å²) in [4.78, 5) is 11.1. The Morgan fingerprint density at radius 1 is 1.41 bits per heavy atom. The zero-order valence-electron chi connectivity index (χ0n) is 9.97. The van der Waals surface area contributed by atoms with E-state index in [1.165, 1.54) is 0 Å². The summed E-state index contributed by atoms with van der Waals surface area (Å²) in [7, 11) is -3.90. The highest BCUT2D eigenvalue weighted by Crippen LogP contribution is 2.17. The molecule has 1 amide bonds. The van der Waals surface area contributed by atoms with E-state index >= 15 is 0 Å². The van der Waals surface area contributed by atoms with E-state index in [1.54, 1.807) is 18.6 Å². The first-order valence-electron chi connectivity index (χ1n) is 5.56. The molecule has 17 heavy (non-hydrogen) atoms. The van der Waals surface area contributed by atoms with Crippen molar-refractivity contribution >= 4 is 16.3 Å². The van der Waals surface area contributed by atoms with Gasteiger partial charge in [-0.05, 0) is 26.7 Å². The van der Waals surface area contributed by atoms with Crippen LogP contribution in [0.2, 0.25) is 0 Å². The van der Waals surface area contributed by atoms with Crippen LogP contribution in [0, 0.1) is 0 Å². The number of amides is 1. The molecule has 2 atom stereocenters. The first-order chi connectivity index (χ1) is 7.80. The Morgan fingerprint density at radius 2 is 2.06 bits per heavy atom. The Hall–Kier alpha value is -0.860. The first kappa shape index (κ1) is 14.2. The van der Waals surface area contributed by atoms with Crippen LogP contribution >= 0.6 is 0 Å². The zero-order chi connectivity index (χ0) is 13.1. The summed E-state index contributed by atoms with van der Waals surface area (Å²) < 4.78 is 31.9. The van der Waals surface area contributed by atoms with Gasteiger partial charge in [0.05, 0.1) is 6.10 Å². The van der Waals surface area contributed by atoms with Crippen molar-refractivity contribution in [1.82, 2.24) is 9.44 Å². The van der Waals surface area contributed by atoms with Crippen molar-refractivity contribution in [2.45, 2.75) is 51.3 Å². The summed E-state index contributed by atoms with van der Waals surface area (Å²) in [5, 5.41) is 0. The van der Waals surface area contributed by atoms with Crippen molar-refractivity contribution in [2.75, 3.05) is 0 Å². The molecule has 0 heterocycles. The molecule has 1 aliphatic carbocycles. The maximum absolute atomic E-state index is 11.5. The Bertz CT molecular complexity index is 368. The molecule has 7 nitrogen and oxygen atoms in total. The number of nitrogens with two attached hydrogens (primary N) is 1. The minimum Gasteiger partial charge on any atom is -0.446 e. The van der Waals surface area contributed by atoms with Crippen LogP contribution in [0.3, 0.4) is 0 Å².